The summed E-state index contributed by atoms with van der Waals surface area (Å²) in [7, 11) is 0. The molecule has 132 valence electrons. The lowest BCUT2D eigenvalue weighted by atomic mass is 10.2. The van der Waals surface area contributed by atoms with Crippen molar-refractivity contribution < 1.29 is 19.6 Å². The molecule has 0 fully saturated rings. The summed E-state index contributed by atoms with van der Waals surface area (Å²) in [6.07, 6.45) is 1.66. The van der Waals surface area contributed by atoms with Gasteiger partial charge in [-0.2, -0.15) is 4.68 Å². The van der Waals surface area contributed by atoms with Crippen LogP contribution in [-0.2, 0) is 22.7 Å². The van der Waals surface area contributed by atoms with Gasteiger partial charge in [0.2, 0.25) is 5.91 Å². The van der Waals surface area contributed by atoms with Crippen molar-refractivity contribution in [3.05, 3.63) is 58.3 Å². The number of nitrogens with zero attached hydrogens (tertiary/aromatic N) is 4. The molecule has 0 bridgehead atoms. The largest absolute Gasteiger partial charge is 0.481 e. The van der Waals surface area contributed by atoms with Gasteiger partial charge < -0.3 is 20.1 Å². The van der Waals surface area contributed by atoms with E-state index in [1.165, 1.54) is 21.8 Å². The van der Waals surface area contributed by atoms with Crippen molar-refractivity contribution >= 4 is 17.7 Å². The number of carbonyl (C=O) groups excluding carboxylic acids is 1. The summed E-state index contributed by atoms with van der Waals surface area (Å²) < 4.78 is 1.20. The van der Waals surface area contributed by atoms with Gasteiger partial charge in [0.05, 0.1) is 17.4 Å². The SMILES string of the molecule is O=C(O)CCCN(Cc1ccccc1)C(=O)Cn1ccc([N+](=O)[O-])n1. The standard InChI is InChI=1S/C16H18N4O5/c21-15(12-19-10-8-14(17-19)20(24)25)18(9-4-7-16(22)23)11-13-5-2-1-3-6-13/h1-3,5-6,8,10H,4,7,9,11-12H2,(H,22,23). The Morgan fingerprint density at radius 1 is 1.24 bits per heavy atom. The summed E-state index contributed by atoms with van der Waals surface area (Å²) in [6.45, 7) is 0.472. The van der Waals surface area contributed by atoms with Crippen molar-refractivity contribution in [3.63, 3.8) is 0 Å². The van der Waals surface area contributed by atoms with Crippen molar-refractivity contribution in [2.75, 3.05) is 6.54 Å². The molecule has 0 saturated carbocycles. The summed E-state index contributed by atoms with van der Waals surface area (Å²) in [5.74, 6) is -1.53. The van der Waals surface area contributed by atoms with Gasteiger partial charge in [0, 0.05) is 19.5 Å². The van der Waals surface area contributed by atoms with Crippen molar-refractivity contribution in [1.82, 2.24) is 14.7 Å². The smallest absolute Gasteiger partial charge is 0.389 e. The number of carboxylic acids is 1. The van der Waals surface area contributed by atoms with E-state index in [0.29, 0.717) is 13.0 Å². The molecule has 0 saturated heterocycles. The van der Waals surface area contributed by atoms with Crippen LogP contribution >= 0.6 is 0 Å². The normalized spacial score (nSPS) is 10.4. The Kier molecular flexibility index (Phi) is 6.21. The van der Waals surface area contributed by atoms with Gasteiger partial charge in [0.1, 0.15) is 6.54 Å². The minimum Gasteiger partial charge on any atom is -0.481 e. The quantitative estimate of drug-likeness (QED) is 0.545. The van der Waals surface area contributed by atoms with Gasteiger partial charge >= 0.3 is 11.8 Å². The second-order valence-corrected chi connectivity index (χ2v) is 5.43. The summed E-state index contributed by atoms with van der Waals surface area (Å²) in [5.41, 5.74) is 0.914. The molecule has 9 nitrogen and oxygen atoms in total. The number of benzene rings is 1. The van der Waals surface area contributed by atoms with Crippen LogP contribution in [0.15, 0.2) is 42.6 Å². The Bertz CT molecular complexity index is 744. The minimum absolute atomic E-state index is 0.0359. The molecule has 0 aliphatic heterocycles. The maximum atomic E-state index is 12.5. The second kappa shape index (κ2) is 8.57. The van der Waals surface area contributed by atoms with Crippen LogP contribution < -0.4 is 0 Å². The molecule has 25 heavy (non-hydrogen) atoms. The number of hydrogen-bond donors (Lipinski definition) is 1. The van der Waals surface area contributed by atoms with Crippen molar-refractivity contribution in [2.24, 2.45) is 0 Å². The van der Waals surface area contributed by atoms with Gasteiger partial charge in [0.15, 0.2) is 0 Å². The molecule has 0 aliphatic carbocycles. The van der Waals surface area contributed by atoms with Crippen LogP contribution in [0.3, 0.4) is 0 Å². The number of aromatic nitrogens is 2. The van der Waals surface area contributed by atoms with Gasteiger partial charge in [-0.25, -0.2) is 0 Å². The topological polar surface area (TPSA) is 119 Å². The van der Waals surface area contributed by atoms with Gasteiger partial charge in [-0.05, 0) is 16.9 Å². The van der Waals surface area contributed by atoms with Crippen LogP contribution in [0.25, 0.3) is 0 Å². The lowest BCUT2D eigenvalue weighted by Gasteiger charge is -2.22. The zero-order valence-corrected chi connectivity index (χ0v) is 13.4. The Morgan fingerprint density at radius 3 is 2.56 bits per heavy atom. The fraction of sp³-hybridized carbons (Fsp3) is 0.312. The number of carbonyl (C=O) groups is 2. The molecule has 9 heteroatoms. The Hall–Kier alpha value is -3.23. The molecular weight excluding hydrogens is 328 g/mol. The average molecular weight is 346 g/mol. The number of hydrogen-bond acceptors (Lipinski definition) is 5. The monoisotopic (exact) mass is 346 g/mol. The Morgan fingerprint density at radius 2 is 1.96 bits per heavy atom. The van der Waals surface area contributed by atoms with Crippen LogP contribution in [0.2, 0.25) is 0 Å². The highest BCUT2D eigenvalue weighted by Crippen LogP contribution is 2.09. The van der Waals surface area contributed by atoms with Gasteiger partial charge in [0.25, 0.3) is 0 Å². The molecule has 1 N–H and O–H groups in total. The fourth-order valence-corrected chi connectivity index (χ4v) is 2.29. The van der Waals surface area contributed by atoms with E-state index >= 15 is 0 Å². The molecule has 1 heterocycles. The minimum atomic E-state index is -0.921. The Labute approximate surface area is 143 Å². The number of amides is 1. The van der Waals surface area contributed by atoms with E-state index < -0.39 is 10.9 Å². The maximum absolute atomic E-state index is 12.5. The third-order valence-electron chi connectivity index (χ3n) is 3.50. The molecule has 0 spiro atoms. The lowest BCUT2D eigenvalue weighted by molar-refractivity contribution is -0.389. The van der Waals surface area contributed by atoms with Crippen LogP contribution in [-0.4, -0.2) is 43.1 Å². The molecule has 0 radical (unpaired) electrons. The molecule has 1 aromatic carbocycles. The predicted molar refractivity (Wildman–Crippen MR) is 87.6 cm³/mol. The van der Waals surface area contributed by atoms with E-state index in [-0.39, 0.29) is 31.2 Å². The highest BCUT2D eigenvalue weighted by Gasteiger charge is 2.18. The zero-order valence-electron chi connectivity index (χ0n) is 13.4. The second-order valence-electron chi connectivity index (χ2n) is 5.43. The molecule has 0 aliphatic rings. The molecule has 2 rings (SSSR count). The van der Waals surface area contributed by atoms with E-state index in [2.05, 4.69) is 5.10 Å². The highest BCUT2D eigenvalue weighted by atomic mass is 16.6. The molecular formula is C16H18N4O5. The van der Waals surface area contributed by atoms with Gasteiger partial charge in [-0.15, -0.1) is 0 Å². The number of aliphatic carboxylic acids is 1. The molecule has 1 aromatic heterocycles. The first-order chi connectivity index (χ1) is 12.0. The fourth-order valence-electron chi connectivity index (χ4n) is 2.29. The maximum Gasteiger partial charge on any atom is 0.389 e. The van der Waals surface area contributed by atoms with Crippen LogP contribution in [0.1, 0.15) is 18.4 Å². The zero-order chi connectivity index (χ0) is 18.2. The Balaban J connectivity index is 2.04. The van der Waals surface area contributed by atoms with Gasteiger partial charge in [-0.1, -0.05) is 30.3 Å². The number of nitro groups is 1. The summed E-state index contributed by atoms with van der Waals surface area (Å²) in [6, 6.07) is 10.5. The van der Waals surface area contributed by atoms with E-state index in [0.717, 1.165) is 5.56 Å². The molecule has 1 amide bonds. The lowest BCUT2D eigenvalue weighted by Crippen LogP contribution is -2.34. The van der Waals surface area contributed by atoms with E-state index in [4.69, 9.17) is 5.11 Å². The number of carboxylic acid groups (broad SMARTS) is 1. The van der Waals surface area contributed by atoms with E-state index in [1.807, 2.05) is 30.3 Å². The predicted octanol–water partition coefficient (Wildman–Crippen LogP) is 1.68. The first-order valence-electron chi connectivity index (χ1n) is 7.67. The van der Waals surface area contributed by atoms with Crippen LogP contribution in [0.5, 0.6) is 0 Å². The van der Waals surface area contributed by atoms with Crippen LogP contribution in [0, 0.1) is 10.1 Å². The van der Waals surface area contributed by atoms with Gasteiger partial charge in [-0.3, -0.25) is 9.59 Å². The first kappa shape index (κ1) is 18.1. The van der Waals surface area contributed by atoms with E-state index in [9.17, 15) is 19.7 Å². The summed E-state index contributed by atoms with van der Waals surface area (Å²) in [4.78, 5) is 34.8. The van der Waals surface area contributed by atoms with Crippen LogP contribution in [0.4, 0.5) is 5.82 Å². The first-order valence-corrected chi connectivity index (χ1v) is 7.67. The van der Waals surface area contributed by atoms with E-state index in [1.54, 1.807) is 0 Å². The molecule has 2 aromatic rings. The average Bonchev–Trinajstić information content (AvgIpc) is 3.03. The van der Waals surface area contributed by atoms with Crippen molar-refractivity contribution in [3.8, 4) is 0 Å². The summed E-state index contributed by atoms with van der Waals surface area (Å²) in [5, 5.41) is 23.1. The van der Waals surface area contributed by atoms with Crippen molar-refractivity contribution in [1.29, 1.82) is 0 Å². The summed E-state index contributed by atoms with van der Waals surface area (Å²) >= 11 is 0. The number of rotatable bonds is 9. The highest BCUT2D eigenvalue weighted by molar-refractivity contribution is 5.76. The third-order valence-corrected chi connectivity index (χ3v) is 3.50. The molecule has 0 unspecified atom stereocenters. The third kappa shape index (κ3) is 5.72. The van der Waals surface area contributed by atoms with Crippen molar-refractivity contribution in [2.45, 2.75) is 25.9 Å². The molecule has 0 atom stereocenters.